The lowest BCUT2D eigenvalue weighted by atomic mass is 10.2. The van der Waals surface area contributed by atoms with Gasteiger partial charge in [-0.05, 0) is 13.3 Å². The lowest BCUT2D eigenvalue weighted by Gasteiger charge is -2.39. The first-order chi connectivity index (χ1) is 8.97. The van der Waals surface area contributed by atoms with Crippen LogP contribution < -0.4 is 10.5 Å². The van der Waals surface area contributed by atoms with Gasteiger partial charge in [0.15, 0.2) is 11.5 Å². The van der Waals surface area contributed by atoms with Gasteiger partial charge in [-0.2, -0.15) is 0 Å². The maximum atomic E-state index is 11.9. The number of nitrogens with one attached hydrogen (secondary N) is 1. The topological polar surface area (TPSA) is 90.7 Å². The molecule has 104 valence electrons. The normalized spacial score (nSPS) is 16.5. The van der Waals surface area contributed by atoms with Crippen LogP contribution in [-0.4, -0.2) is 44.8 Å². The quantitative estimate of drug-likeness (QED) is 0.842. The van der Waals surface area contributed by atoms with E-state index in [0.717, 1.165) is 12.8 Å². The lowest BCUT2D eigenvalue weighted by Crippen LogP contribution is -2.60. The molecule has 1 amide bonds. The highest BCUT2D eigenvalue weighted by atomic mass is 16.4. The number of carboxylic acid groups (broad SMARTS) is 1. The van der Waals surface area contributed by atoms with Crippen LogP contribution in [0.3, 0.4) is 0 Å². The van der Waals surface area contributed by atoms with Gasteiger partial charge in [0.2, 0.25) is 0 Å². The Bertz CT molecular complexity index is 512. The Morgan fingerprint density at radius 2 is 2.26 bits per heavy atom. The molecule has 0 radical (unpaired) electrons. The fraction of sp³-hybridized carbons (Fsp3) is 0.545. The first-order valence-electron chi connectivity index (χ1n) is 6.11. The van der Waals surface area contributed by atoms with Gasteiger partial charge in [0, 0.05) is 13.1 Å². The molecule has 1 atom stereocenters. The van der Waals surface area contributed by atoms with Gasteiger partial charge in [0.05, 0.1) is 0 Å². The maximum Gasteiger partial charge on any atom is 0.358 e. The SMILES string of the molecule is CCCC(C)N1NN(C)C(=O)n2cnc(C(=O)O)c21. The number of aromatic nitrogens is 2. The fourth-order valence-corrected chi connectivity index (χ4v) is 2.13. The molecular formula is C11H17N5O3. The molecule has 1 aliphatic heterocycles. The molecule has 1 aromatic heterocycles. The maximum absolute atomic E-state index is 11.9. The summed E-state index contributed by atoms with van der Waals surface area (Å²) in [5.41, 5.74) is 2.75. The van der Waals surface area contributed by atoms with Crippen molar-refractivity contribution in [2.24, 2.45) is 0 Å². The van der Waals surface area contributed by atoms with Gasteiger partial charge in [-0.1, -0.05) is 13.3 Å². The summed E-state index contributed by atoms with van der Waals surface area (Å²) in [7, 11) is 1.58. The molecule has 1 aliphatic rings. The average molecular weight is 267 g/mol. The van der Waals surface area contributed by atoms with Crippen LogP contribution in [0.25, 0.3) is 0 Å². The smallest absolute Gasteiger partial charge is 0.358 e. The third kappa shape index (κ3) is 2.14. The largest absolute Gasteiger partial charge is 0.476 e. The molecule has 0 saturated heterocycles. The van der Waals surface area contributed by atoms with Crippen molar-refractivity contribution in [1.82, 2.24) is 20.1 Å². The number of carbonyl (C=O) groups excluding carboxylic acids is 1. The van der Waals surface area contributed by atoms with Gasteiger partial charge >= 0.3 is 12.0 Å². The van der Waals surface area contributed by atoms with Crippen LogP contribution >= 0.6 is 0 Å². The minimum absolute atomic E-state index is 0.0362. The van der Waals surface area contributed by atoms with Crippen molar-refractivity contribution in [2.75, 3.05) is 12.1 Å². The first kappa shape index (κ1) is 13.3. The molecule has 19 heavy (non-hydrogen) atoms. The number of hydrazine groups is 2. The van der Waals surface area contributed by atoms with Gasteiger partial charge in [0.1, 0.15) is 6.33 Å². The number of hydrogen-bond acceptors (Lipinski definition) is 5. The predicted octanol–water partition coefficient (Wildman–Crippen LogP) is 0.909. The van der Waals surface area contributed by atoms with Crippen LogP contribution in [0.5, 0.6) is 0 Å². The van der Waals surface area contributed by atoms with Crippen LogP contribution in [0, 0.1) is 0 Å². The molecule has 0 saturated carbocycles. The molecular weight excluding hydrogens is 250 g/mol. The van der Waals surface area contributed by atoms with Gasteiger partial charge in [-0.25, -0.2) is 24.1 Å². The zero-order valence-electron chi connectivity index (χ0n) is 11.1. The highest BCUT2D eigenvalue weighted by molar-refractivity contribution is 5.95. The molecule has 0 fully saturated rings. The van der Waals surface area contributed by atoms with E-state index < -0.39 is 5.97 Å². The fourth-order valence-electron chi connectivity index (χ4n) is 2.13. The standard InChI is InChI=1S/C11H17N5O3/c1-4-5-7(2)16-9-8(10(17)18)12-6-15(9)11(19)14(3)13-16/h6-7,13H,4-5H2,1-3H3,(H,17,18). The third-order valence-electron chi connectivity index (χ3n) is 3.07. The van der Waals surface area contributed by atoms with Gasteiger partial charge in [-0.3, -0.25) is 5.01 Å². The van der Waals surface area contributed by atoms with Gasteiger partial charge in [0.25, 0.3) is 0 Å². The van der Waals surface area contributed by atoms with Gasteiger partial charge < -0.3 is 5.11 Å². The van der Waals surface area contributed by atoms with Crippen molar-refractivity contribution < 1.29 is 14.7 Å². The second-order valence-electron chi connectivity index (χ2n) is 4.54. The molecule has 0 bridgehead atoms. The molecule has 2 rings (SSSR count). The van der Waals surface area contributed by atoms with E-state index in [1.807, 2.05) is 13.8 Å². The Labute approximate surface area is 110 Å². The summed E-state index contributed by atoms with van der Waals surface area (Å²) in [6.07, 6.45) is 3.05. The molecule has 2 N–H and O–H groups in total. The number of amides is 1. The number of imidazole rings is 1. The Morgan fingerprint density at radius 1 is 1.58 bits per heavy atom. The van der Waals surface area contributed by atoms with Gasteiger partial charge in [-0.15, -0.1) is 5.53 Å². The summed E-state index contributed by atoms with van der Waals surface area (Å²) in [4.78, 5) is 26.9. The van der Waals surface area contributed by atoms with E-state index in [0.29, 0.717) is 0 Å². The van der Waals surface area contributed by atoms with Crippen molar-refractivity contribution in [2.45, 2.75) is 32.7 Å². The van der Waals surface area contributed by atoms with Crippen LogP contribution in [0.1, 0.15) is 37.2 Å². The number of aromatic carboxylic acids is 1. The van der Waals surface area contributed by atoms with E-state index in [2.05, 4.69) is 10.5 Å². The average Bonchev–Trinajstić information content (AvgIpc) is 2.79. The summed E-state index contributed by atoms with van der Waals surface area (Å²) in [6, 6.07) is -0.330. The molecule has 0 aliphatic carbocycles. The molecule has 2 heterocycles. The van der Waals surface area contributed by atoms with E-state index >= 15 is 0 Å². The highest BCUT2D eigenvalue weighted by Gasteiger charge is 2.34. The lowest BCUT2D eigenvalue weighted by molar-refractivity contribution is 0.0690. The zero-order valence-corrected chi connectivity index (χ0v) is 11.1. The van der Waals surface area contributed by atoms with E-state index in [1.165, 1.54) is 15.9 Å². The Hall–Kier alpha value is -2.09. The Morgan fingerprint density at radius 3 is 2.84 bits per heavy atom. The van der Waals surface area contributed by atoms with E-state index in [9.17, 15) is 9.59 Å². The summed E-state index contributed by atoms with van der Waals surface area (Å²) in [6.45, 7) is 4.01. The van der Waals surface area contributed by atoms with Crippen LogP contribution in [0.4, 0.5) is 10.6 Å². The zero-order chi connectivity index (χ0) is 14.2. The van der Waals surface area contributed by atoms with Crippen LogP contribution in [0.15, 0.2) is 6.33 Å². The minimum Gasteiger partial charge on any atom is -0.476 e. The predicted molar refractivity (Wildman–Crippen MR) is 67.7 cm³/mol. The number of carbonyl (C=O) groups is 2. The number of rotatable bonds is 4. The Balaban J connectivity index is 2.48. The summed E-state index contributed by atoms with van der Waals surface area (Å²) >= 11 is 0. The molecule has 1 unspecified atom stereocenters. The summed E-state index contributed by atoms with van der Waals surface area (Å²) < 4.78 is 1.24. The van der Waals surface area contributed by atoms with Crippen molar-refractivity contribution in [1.29, 1.82) is 0 Å². The van der Waals surface area contributed by atoms with E-state index in [-0.39, 0.29) is 23.6 Å². The number of hydrogen-bond donors (Lipinski definition) is 2. The number of fused-ring (bicyclic) bond motifs is 1. The first-order valence-corrected chi connectivity index (χ1v) is 6.11. The number of anilines is 1. The van der Waals surface area contributed by atoms with Crippen molar-refractivity contribution in [3.8, 4) is 0 Å². The second-order valence-corrected chi connectivity index (χ2v) is 4.54. The monoisotopic (exact) mass is 267 g/mol. The molecule has 8 nitrogen and oxygen atoms in total. The highest BCUT2D eigenvalue weighted by Crippen LogP contribution is 2.25. The third-order valence-corrected chi connectivity index (χ3v) is 3.07. The van der Waals surface area contributed by atoms with Crippen LogP contribution in [-0.2, 0) is 0 Å². The van der Waals surface area contributed by atoms with E-state index in [1.54, 1.807) is 12.1 Å². The molecule has 0 aromatic carbocycles. The summed E-state index contributed by atoms with van der Waals surface area (Å²) in [5.74, 6) is -0.877. The van der Waals surface area contributed by atoms with E-state index in [4.69, 9.17) is 5.11 Å². The molecule has 0 spiro atoms. The minimum atomic E-state index is -1.15. The van der Waals surface area contributed by atoms with Crippen LogP contribution in [0.2, 0.25) is 0 Å². The summed E-state index contributed by atoms with van der Waals surface area (Å²) in [5, 5.41) is 12.1. The molecule has 8 heteroatoms. The number of nitrogens with zero attached hydrogens (tertiary/aromatic N) is 4. The van der Waals surface area contributed by atoms with Crippen molar-refractivity contribution >= 4 is 17.8 Å². The van der Waals surface area contributed by atoms with Crippen molar-refractivity contribution in [3.05, 3.63) is 12.0 Å². The second kappa shape index (κ2) is 4.88. The Kier molecular flexibility index (Phi) is 3.43. The van der Waals surface area contributed by atoms with Crippen molar-refractivity contribution in [3.63, 3.8) is 0 Å². The molecule has 1 aromatic rings. The number of carboxylic acids is 1.